The first-order valence-corrected chi connectivity index (χ1v) is 5.95. The van der Waals surface area contributed by atoms with Gasteiger partial charge >= 0.3 is 0 Å². The number of aromatic nitrogens is 3. The van der Waals surface area contributed by atoms with Crippen LogP contribution in [0.3, 0.4) is 0 Å². The number of likely N-dealkylation sites (N-methyl/N-ethyl adjacent to an activating group) is 1. The summed E-state index contributed by atoms with van der Waals surface area (Å²) in [6, 6.07) is 2.59. The lowest BCUT2D eigenvalue weighted by Gasteiger charge is -2.20. The second-order valence-electron chi connectivity index (χ2n) is 4.82. The highest BCUT2D eigenvalue weighted by molar-refractivity contribution is 5.89. The van der Waals surface area contributed by atoms with E-state index in [2.05, 4.69) is 39.1 Å². The molecule has 0 amide bonds. The monoisotopic (exact) mass is 231 g/mol. The zero-order chi connectivity index (χ0) is 11.8. The van der Waals surface area contributed by atoms with E-state index in [0.29, 0.717) is 6.04 Å². The largest absolute Gasteiger partial charge is 0.353 e. The van der Waals surface area contributed by atoms with E-state index in [-0.39, 0.29) is 0 Å². The molecule has 0 spiro atoms. The van der Waals surface area contributed by atoms with Gasteiger partial charge in [-0.25, -0.2) is 0 Å². The van der Waals surface area contributed by atoms with Gasteiger partial charge in [-0.05, 0) is 26.6 Å². The Morgan fingerprint density at radius 3 is 3.12 bits per heavy atom. The molecule has 1 N–H and O–H groups in total. The molecule has 0 aromatic carbocycles. The topological polar surface area (TPSA) is 48.0 Å². The van der Waals surface area contributed by atoms with Crippen molar-refractivity contribution in [1.82, 2.24) is 20.1 Å². The maximum absolute atomic E-state index is 4.41. The van der Waals surface area contributed by atoms with Crippen LogP contribution in [0.2, 0.25) is 0 Å². The van der Waals surface area contributed by atoms with E-state index in [1.807, 2.05) is 12.3 Å². The molecule has 1 aliphatic heterocycles. The first-order valence-electron chi connectivity index (χ1n) is 5.95. The van der Waals surface area contributed by atoms with Crippen molar-refractivity contribution >= 4 is 16.7 Å². The number of hydrogen-bond donors (Lipinski definition) is 1. The van der Waals surface area contributed by atoms with Crippen LogP contribution < -0.4 is 4.90 Å². The van der Waals surface area contributed by atoms with Crippen LogP contribution in [0.15, 0.2) is 18.5 Å². The van der Waals surface area contributed by atoms with Gasteiger partial charge in [0.2, 0.25) is 0 Å². The lowest BCUT2D eigenvalue weighted by atomic mass is 10.2. The van der Waals surface area contributed by atoms with Gasteiger partial charge < -0.3 is 9.80 Å². The van der Waals surface area contributed by atoms with Gasteiger partial charge in [0, 0.05) is 31.5 Å². The number of nitrogens with zero attached hydrogens (tertiary/aromatic N) is 4. The molecule has 3 heterocycles. The third-order valence-electron chi connectivity index (χ3n) is 3.54. The lowest BCUT2D eigenvalue weighted by Crippen LogP contribution is -2.31. The molecule has 2 aromatic heterocycles. The van der Waals surface area contributed by atoms with Gasteiger partial charge in [-0.1, -0.05) is 0 Å². The number of H-pyrrole nitrogens is 1. The van der Waals surface area contributed by atoms with Crippen molar-refractivity contribution in [3.05, 3.63) is 18.5 Å². The van der Waals surface area contributed by atoms with E-state index in [1.165, 1.54) is 6.42 Å². The van der Waals surface area contributed by atoms with Crippen LogP contribution in [0, 0.1) is 0 Å². The lowest BCUT2D eigenvalue weighted by molar-refractivity contribution is 0.315. The van der Waals surface area contributed by atoms with Crippen LogP contribution in [-0.2, 0) is 0 Å². The van der Waals surface area contributed by atoms with Crippen molar-refractivity contribution in [2.24, 2.45) is 0 Å². The summed E-state index contributed by atoms with van der Waals surface area (Å²) in [6.07, 6.45) is 4.87. The molecule has 0 saturated carbocycles. The molecule has 17 heavy (non-hydrogen) atoms. The van der Waals surface area contributed by atoms with Gasteiger partial charge in [-0.2, -0.15) is 5.10 Å². The summed E-state index contributed by atoms with van der Waals surface area (Å²) < 4.78 is 0. The summed E-state index contributed by atoms with van der Waals surface area (Å²) >= 11 is 0. The Morgan fingerprint density at radius 2 is 2.35 bits per heavy atom. The molecule has 1 saturated heterocycles. The fourth-order valence-electron chi connectivity index (χ4n) is 2.44. The molecule has 0 aliphatic carbocycles. The molecule has 5 nitrogen and oxygen atoms in total. The molecule has 1 unspecified atom stereocenters. The van der Waals surface area contributed by atoms with E-state index < -0.39 is 0 Å². The fraction of sp³-hybridized carbons (Fsp3) is 0.500. The third kappa shape index (κ3) is 1.76. The SMILES string of the molecule is CN(C)C1CCN(c2n[nH]c3ccncc23)C1. The Kier molecular flexibility index (Phi) is 2.48. The van der Waals surface area contributed by atoms with E-state index in [9.17, 15) is 0 Å². The predicted octanol–water partition coefficient (Wildman–Crippen LogP) is 1.10. The van der Waals surface area contributed by atoms with E-state index in [4.69, 9.17) is 0 Å². The Hall–Kier alpha value is -1.62. The second-order valence-corrected chi connectivity index (χ2v) is 4.82. The van der Waals surface area contributed by atoms with Crippen molar-refractivity contribution in [1.29, 1.82) is 0 Å². The van der Waals surface area contributed by atoms with Gasteiger partial charge in [0.05, 0.1) is 10.9 Å². The number of nitrogens with one attached hydrogen (secondary N) is 1. The maximum atomic E-state index is 4.41. The number of fused-ring (bicyclic) bond motifs is 1. The van der Waals surface area contributed by atoms with Crippen LogP contribution in [0.1, 0.15) is 6.42 Å². The highest BCUT2D eigenvalue weighted by Gasteiger charge is 2.26. The van der Waals surface area contributed by atoms with Crippen LogP contribution in [0.25, 0.3) is 10.9 Å². The minimum atomic E-state index is 0.624. The normalized spacial score (nSPS) is 20.6. The van der Waals surface area contributed by atoms with E-state index in [1.54, 1.807) is 6.20 Å². The van der Waals surface area contributed by atoms with Crippen LogP contribution in [0.5, 0.6) is 0 Å². The molecule has 3 rings (SSSR count). The quantitative estimate of drug-likeness (QED) is 0.840. The Labute approximate surface area is 100 Å². The Morgan fingerprint density at radius 1 is 1.47 bits per heavy atom. The third-order valence-corrected chi connectivity index (χ3v) is 3.54. The zero-order valence-electron chi connectivity index (χ0n) is 10.2. The van der Waals surface area contributed by atoms with Gasteiger partial charge in [-0.15, -0.1) is 0 Å². The standard InChI is InChI=1S/C12H17N5/c1-16(2)9-4-6-17(8-9)12-10-7-13-5-3-11(10)14-15-12/h3,5,7,9H,4,6,8H2,1-2H3,(H,14,15). The minimum absolute atomic E-state index is 0.624. The maximum Gasteiger partial charge on any atom is 0.159 e. The van der Waals surface area contributed by atoms with Crippen molar-refractivity contribution in [2.45, 2.75) is 12.5 Å². The predicted molar refractivity (Wildman–Crippen MR) is 68.2 cm³/mol. The zero-order valence-corrected chi connectivity index (χ0v) is 10.2. The van der Waals surface area contributed by atoms with Crippen molar-refractivity contribution < 1.29 is 0 Å². The molecule has 1 aliphatic rings. The Bertz CT molecular complexity index is 518. The molecule has 2 aromatic rings. The van der Waals surface area contributed by atoms with Crippen LogP contribution in [0.4, 0.5) is 5.82 Å². The summed E-state index contributed by atoms with van der Waals surface area (Å²) in [5, 5.41) is 8.59. The molecule has 1 fully saturated rings. The van der Waals surface area contributed by atoms with Gasteiger partial charge in [0.1, 0.15) is 0 Å². The second kappa shape index (κ2) is 4.00. The smallest absolute Gasteiger partial charge is 0.159 e. The van der Waals surface area contributed by atoms with E-state index in [0.717, 1.165) is 29.8 Å². The van der Waals surface area contributed by atoms with E-state index >= 15 is 0 Å². The average molecular weight is 231 g/mol. The minimum Gasteiger partial charge on any atom is -0.353 e. The number of hydrogen-bond acceptors (Lipinski definition) is 4. The molecule has 1 atom stereocenters. The highest BCUT2D eigenvalue weighted by Crippen LogP contribution is 2.26. The number of rotatable bonds is 2. The number of anilines is 1. The van der Waals surface area contributed by atoms with Gasteiger partial charge in [-0.3, -0.25) is 10.1 Å². The van der Waals surface area contributed by atoms with Gasteiger partial charge in [0.25, 0.3) is 0 Å². The molecule has 0 radical (unpaired) electrons. The molecular formula is C12H17N5. The molecule has 90 valence electrons. The van der Waals surface area contributed by atoms with Gasteiger partial charge in [0.15, 0.2) is 5.82 Å². The summed E-state index contributed by atoms with van der Waals surface area (Å²) in [5.74, 6) is 1.04. The summed E-state index contributed by atoms with van der Waals surface area (Å²) in [5.41, 5.74) is 1.06. The van der Waals surface area contributed by atoms with Crippen LogP contribution >= 0.6 is 0 Å². The van der Waals surface area contributed by atoms with Crippen molar-refractivity contribution in [3.63, 3.8) is 0 Å². The van der Waals surface area contributed by atoms with Crippen molar-refractivity contribution in [2.75, 3.05) is 32.1 Å². The van der Waals surface area contributed by atoms with Crippen LogP contribution in [-0.4, -0.2) is 53.3 Å². The first kappa shape index (κ1) is 10.5. The molecular weight excluding hydrogens is 214 g/mol. The summed E-state index contributed by atoms with van der Waals surface area (Å²) in [6.45, 7) is 2.11. The average Bonchev–Trinajstić information content (AvgIpc) is 2.95. The van der Waals surface area contributed by atoms with Crippen molar-refractivity contribution in [3.8, 4) is 0 Å². The fourth-order valence-corrected chi connectivity index (χ4v) is 2.44. The Balaban J connectivity index is 1.90. The molecule has 5 heteroatoms. The molecule has 0 bridgehead atoms. The summed E-state index contributed by atoms with van der Waals surface area (Å²) in [7, 11) is 4.27. The number of aromatic amines is 1. The highest BCUT2D eigenvalue weighted by atomic mass is 15.3. The number of pyridine rings is 1. The first-order chi connectivity index (χ1) is 8.25. The summed E-state index contributed by atoms with van der Waals surface area (Å²) in [4.78, 5) is 8.80.